The summed E-state index contributed by atoms with van der Waals surface area (Å²) in [7, 11) is -2.32. The Balaban J connectivity index is 3.19. The minimum Gasteiger partial charge on any atom is -0.310 e. The first-order valence-electron chi connectivity index (χ1n) is 5.74. The van der Waals surface area contributed by atoms with Gasteiger partial charge < -0.3 is 5.32 Å². The van der Waals surface area contributed by atoms with Gasteiger partial charge in [0.1, 0.15) is 5.82 Å². The Labute approximate surface area is 108 Å². The molecule has 0 aromatic heterocycles. The lowest BCUT2D eigenvalue weighted by Gasteiger charge is -2.12. The summed E-state index contributed by atoms with van der Waals surface area (Å²) in [5.41, 5.74) is 0.748. The summed E-state index contributed by atoms with van der Waals surface area (Å²) in [6.45, 7) is 5.83. The number of hydrogen-bond acceptors (Lipinski definition) is 3. The SMILES string of the molecule is CNS(=O)(=O)c1cc(CNC(C)C)cc(F)c1C. The first kappa shape index (κ1) is 15.1. The molecule has 4 nitrogen and oxygen atoms in total. The summed E-state index contributed by atoms with van der Waals surface area (Å²) in [6, 6.07) is 3.11. The molecule has 6 heteroatoms. The molecule has 0 heterocycles. The van der Waals surface area contributed by atoms with Gasteiger partial charge in [0.15, 0.2) is 0 Å². The van der Waals surface area contributed by atoms with Gasteiger partial charge in [0.05, 0.1) is 4.90 Å². The zero-order valence-corrected chi connectivity index (χ0v) is 11.9. The van der Waals surface area contributed by atoms with E-state index in [1.807, 2.05) is 13.8 Å². The second-order valence-electron chi connectivity index (χ2n) is 4.44. The second-order valence-corrected chi connectivity index (χ2v) is 6.30. The third-order valence-corrected chi connectivity index (χ3v) is 4.17. The Kier molecular flexibility index (Phi) is 4.84. The Morgan fingerprint density at radius 3 is 2.44 bits per heavy atom. The molecule has 0 unspecified atom stereocenters. The highest BCUT2D eigenvalue weighted by atomic mass is 32.2. The van der Waals surface area contributed by atoms with Crippen LogP contribution >= 0.6 is 0 Å². The summed E-state index contributed by atoms with van der Waals surface area (Å²) in [5, 5.41) is 3.12. The van der Waals surface area contributed by atoms with Crippen LogP contribution in [0, 0.1) is 12.7 Å². The number of nitrogens with one attached hydrogen (secondary N) is 2. The third kappa shape index (κ3) is 3.51. The maximum Gasteiger partial charge on any atom is 0.240 e. The second kappa shape index (κ2) is 5.77. The van der Waals surface area contributed by atoms with Crippen LogP contribution in [0.2, 0.25) is 0 Å². The summed E-state index contributed by atoms with van der Waals surface area (Å²) in [4.78, 5) is -0.00874. The lowest BCUT2D eigenvalue weighted by Crippen LogP contribution is -2.23. The first-order chi connectivity index (χ1) is 8.27. The van der Waals surface area contributed by atoms with Crippen LogP contribution in [0.3, 0.4) is 0 Å². The minimum absolute atomic E-state index is 0.00874. The van der Waals surface area contributed by atoms with Crippen molar-refractivity contribution >= 4 is 10.0 Å². The molecule has 1 aromatic rings. The van der Waals surface area contributed by atoms with Crippen LogP contribution in [0.25, 0.3) is 0 Å². The molecule has 0 radical (unpaired) electrons. The van der Waals surface area contributed by atoms with Gasteiger partial charge in [0.25, 0.3) is 0 Å². The van der Waals surface area contributed by atoms with E-state index in [9.17, 15) is 12.8 Å². The van der Waals surface area contributed by atoms with E-state index in [-0.39, 0.29) is 16.5 Å². The van der Waals surface area contributed by atoms with E-state index in [1.54, 1.807) is 0 Å². The third-order valence-electron chi connectivity index (χ3n) is 2.63. The number of hydrogen-bond donors (Lipinski definition) is 2. The number of sulfonamides is 1. The van der Waals surface area contributed by atoms with Crippen LogP contribution < -0.4 is 10.0 Å². The Morgan fingerprint density at radius 1 is 1.33 bits per heavy atom. The maximum absolute atomic E-state index is 13.7. The van der Waals surface area contributed by atoms with Gasteiger partial charge in [0.2, 0.25) is 10.0 Å². The van der Waals surface area contributed by atoms with Gasteiger partial charge in [-0.2, -0.15) is 0 Å². The van der Waals surface area contributed by atoms with Gasteiger partial charge >= 0.3 is 0 Å². The van der Waals surface area contributed by atoms with E-state index in [0.717, 1.165) is 0 Å². The topological polar surface area (TPSA) is 58.2 Å². The minimum atomic E-state index is -3.63. The Hall–Kier alpha value is -0.980. The van der Waals surface area contributed by atoms with Crippen LogP contribution in [0.15, 0.2) is 17.0 Å². The van der Waals surface area contributed by atoms with Crippen molar-refractivity contribution in [2.75, 3.05) is 7.05 Å². The van der Waals surface area contributed by atoms with Gasteiger partial charge in [-0.05, 0) is 31.7 Å². The number of benzene rings is 1. The molecule has 0 saturated heterocycles. The molecular formula is C12H19FN2O2S. The predicted octanol–water partition coefficient (Wildman–Crippen LogP) is 1.54. The molecule has 102 valence electrons. The van der Waals surface area contributed by atoms with Gasteiger partial charge in [-0.25, -0.2) is 17.5 Å². The van der Waals surface area contributed by atoms with Crippen molar-refractivity contribution in [1.82, 2.24) is 10.0 Å². The molecule has 0 aliphatic rings. The number of rotatable bonds is 5. The molecule has 1 rings (SSSR count). The zero-order chi connectivity index (χ0) is 13.9. The molecule has 0 aliphatic heterocycles. The highest BCUT2D eigenvalue weighted by molar-refractivity contribution is 7.89. The fourth-order valence-electron chi connectivity index (χ4n) is 1.52. The molecular weight excluding hydrogens is 255 g/mol. The van der Waals surface area contributed by atoms with Gasteiger partial charge in [-0.15, -0.1) is 0 Å². The highest BCUT2D eigenvalue weighted by Gasteiger charge is 2.18. The van der Waals surface area contributed by atoms with Crippen LogP contribution in [0.5, 0.6) is 0 Å². The average Bonchev–Trinajstić information content (AvgIpc) is 2.30. The average molecular weight is 274 g/mol. The largest absolute Gasteiger partial charge is 0.310 e. The quantitative estimate of drug-likeness (QED) is 0.856. The van der Waals surface area contributed by atoms with E-state index < -0.39 is 15.8 Å². The lowest BCUT2D eigenvalue weighted by molar-refractivity contribution is 0.569. The fraction of sp³-hybridized carbons (Fsp3) is 0.500. The molecule has 0 fully saturated rings. The smallest absolute Gasteiger partial charge is 0.240 e. The molecule has 0 aliphatic carbocycles. The van der Waals surface area contributed by atoms with Gasteiger partial charge in [-0.3, -0.25) is 0 Å². The van der Waals surface area contributed by atoms with Crippen LogP contribution in [-0.2, 0) is 16.6 Å². The molecule has 18 heavy (non-hydrogen) atoms. The van der Waals surface area contributed by atoms with Crippen molar-refractivity contribution in [3.63, 3.8) is 0 Å². The van der Waals surface area contributed by atoms with Crippen molar-refractivity contribution in [2.24, 2.45) is 0 Å². The molecule has 0 amide bonds. The summed E-state index contributed by atoms with van der Waals surface area (Å²) in [6.07, 6.45) is 0. The van der Waals surface area contributed by atoms with Crippen molar-refractivity contribution in [3.05, 3.63) is 29.1 Å². The van der Waals surface area contributed by atoms with E-state index in [2.05, 4.69) is 10.0 Å². The van der Waals surface area contributed by atoms with E-state index in [0.29, 0.717) is 12.1 Å². The maximum atomic E-state index is 13.7. The van der Waals surface area contributed by atoms with Crippen molar-refractivity contribution in [1.29, 1.82) is 0 Å². The summed E-state index contributed by atoms with van der Waals surface area (Å²) < 4.78 is 39.4. The van der Waals surface area contributed by atoms with E-state index >= 15 is 0 Å². The Morgan fingerprint density at radius 2 is 1.94 bits per heavy atom. The monoisotopic (exact) mass is 274 g/mol. The molecule has 2 N–H and O–H groups in total. The van der Waals surface area contributed by atoms with E-state index in [4.69, 9.17) is 0 Å². The first-order valence-corrected chi connectivity index (χ1v) is 7.22. The Bertz CT molecular complexity index is 527. The predicted molar refractivity (Wildman–Crippen MR) is 69.4 cm³/mol. The van der Waals surface area contributed by atoms with Gasteiger partial charge in [-0.1, -0.05) is 13.8 Å². The zero-order valence-electron chi connectivity index (χ0n) is 11.0. The van der Waals surface area contributed by atoms with Crippen LogP contribution in [-0.4, -0.2) is 21.5 Å². The van der Waals surface area contributed by atoms with Crippen molar-refractivity contribution in [3.8, 4) is 0 Å². The summed E-state index contributed by atoms with van der Waals surface area (Å²) in [5.74, 6) is -0.508. The normalized spacial score (nSPS) is 12.1. The lowest BCUT2D eigenvalue weighted by atomic mass is 10.1. The summed E-state index contributed by atoms with van der Waals surface area (Å²) >= 11 is 0. The van der Waals surface area contributed by atoms with Crippen molar-refractivity contribution in [2.45, 2.75) is 38.3 Å². The van der Waals surface area contributed by atoms with Crippen molar-refractivity contribution < 1.29 is 12.8 Å². The molecule has 0 bridgehead atoms. The highest BCUT2D eigenvalue weighted by Crippen LogP contribution is 2.20. The molecule has 0 saturated carbocycles. The molecule has 1 aromatic carbocycles. The van der Waals surface area contributed by atoms with Crippen LogP contribution in [0.1, 0.15) is 25.0 Å². The molecule has 0 atom stereocenters. The fourth-order valence-corrected chi connectivity index (χ4v) is 2.55. The van der Waals surface area contributed by atoms with Crippen LogP contribution in [0.4, 0.5) is 4.39 Å². The number of halogens is 1. The standard InChI is InChI=1S/C12H19FN2O2S/c1-8(2)15-7-10-5-11(13)9(3)12(6-10)18(16,17)14-4/h5-6,8,14-15H,7H2,1-4H3. The molecule has 0 spiro atoms. The van der Waals surface area contributed by atoms with E-state index in [1.165, 1.54) is 26.1 Å². The van der Waals surface area contributed by atoms with Gasteiger partial charge in [0, 0.05) is 18.2 Å².